The van der Waals surface area contributed by atoms with E-state index in [2.05, 4.69) is 51.9 Å². The lowest BCUT2D eigenvalue weighted by Crippen LogP contribution is -2.37. The van der Waals surface area contributed by atoms with E-state index in [0.717, 1.165) is 50.8 Å². The van der Waals surface area contributed by atoms with Gasteiger partial charge >= 0.3 is 0 Å². The lowest BCUT2D eigenvalue weighted by molar-refractivity contribution is 0.712. The van der Waals surface area contributed by atoms with Gasteiger partial charge in [0.1, 0.15) is 5.82 Å². The molecule has 2 aromatic rings. The predicted molar refractivity (Wildman–Crippen MR) is 104 cm³/mol. The molecule has 0 amide bonds. The Hall–Kier alpha value is -2.08. The molecule has 0 saturated heterocycles. The second-order valence-corrected chi connectivity index (χ2v) is 6.86. The molecule has 130 valence electrons. The minimum absolute atomic E-state index is 0.731. The second-order valence-electron chi connectivity index (χ2n) is 5.48. The molecule has 0 radical (unpaired) electrons. The largest absolute Gasteiger partial charge is 0.370 e. The number of nitrogens with zero attached hydrogens (tertiary/aromatic N) is 2. The van der Waals surface area contributed by atoms with Crippen LogP contribution in [0.3, 0.4) is 0 Å². The number of hydrogen-bond donors (Lipinski definition) is 3. The normalized spacial score (nSPS) is 11.3. The number of aromatic nitrogens is 1. The number of guanidine groups is 1. The Kier molecular flexibility index (Phi) is 8.10. The van der Waals surface area contributed by atoms with E-state index in [1.54, 1.807) is 17.5 Å². The summed E-state index contributed by atoms with van der Waals surface area (Å²) in [5.41, 5.74) is 0. The summed E-state index contributed by atoms with van der Waals surface area (Å²) in [6, 6.07) is 10.2. The molecule has 0 fully saturated rings. The summed E-state index contributed by atoms with van der Waals surface area (Å²) >= 11 is 1.80. The molecule has 0 aliphatic carbocycles. The number of rotatable bonds is 9. The highest BCUT2D eigenvalue weighted by atomic mass is 32.1. The molecule has 0 aromatic carbocycles. The van der Waals surface area contributed by atoms with Gasteiger partial charge in [0, 0.05) is 35.6 Å². The van der Waals surface area contributed by atoms with Crippen LogP contribution in [-0.2, 0) is 6.54 Å². The average Bonchev–Trinajstić information content (AvgIpc) is 3.02. The van der Waals surface area contributed by atoms with E-state index in [1.165, 1.54) is 9.75 Å². The molecule has 24 heavy (non-hydrogen) atoms. The van der Waals surface area contributed by atoms with Crippen LogP contribution in [0.1, 0.15) is 29.5 Å². The fourth-order valence-corrected chi connectivity index (χ4v) is 3.02. The maximum absolute atomic E-state index is 4.64. The van der Waals surface area contributed by atoms with Crippen molar-refractivity contribution in [3.05, 3.63) is 46.3 Å². The van der Waals surface area contributed by atoms with Crippen molar-refractivity contribution in [1.29, 1.82) is 0 Å². The maximum atomic E-state index is 4.64. The lowest BCUT2D eigenvalue weighted by atomic mass is 10.3. The Morgan fingerprint density at radius 3 is 2.71 bits per heavy atom. The topological polar surface area (TPSA) is 61.3 Å². The molecule has 0 aliphatic heterocycles. The summed E-state index contributed by atoms with van der Waals surface area (Å²) in [5, 5.41) is 10.0. The van der Waals surface area contributed by atoms with Gasteiger partial charge in [-0.25, -0.2) is 9.98 Å². The number of pyridine rings is 1. The molecule has 2 rings (SSSR count). The predicted octanol–water partition coefficient (Wildman–Crippen LogP) is 3.40. The summed E-state index contributed by atoms with van der Waals surface area (Å²) in [4.78, 5) is 11.5. The Morgan fingerprint density at radius 1 is 1.12 bits per heavy atom. The van der Waals surface area contributed by atoms with Crippen LogP contribution in [-0.4, -0.2) is 30.6 Å². The first kappa shape index (κ1) is 18.3. The van der Waals surface area contributed by atoms with Gasteiger partial charge in [-0.3, -0.25) is 0 Å². The van der Waals surface area contributed by atoms with E-state index >= 15 is 0 Å². The Labute approximate surface area is 148 Å². The molecule has 0 atom stereocenters. The monoisotopic (exact) mass is 345 g/mol. The van der Waals surface area contributed by atoms with E-state index in [0.29, 0.717) is 0 Å². The summed E-state index contributed by atoms with van der Waals surface area (Å²) in [5.74, 6) is 1.83. The summed E-state index contributed by atoms with van der Waals surface area (Å²) < 4.78 is 0. The van der Waals surface area contributed by atoms with E-state index in [-0.39, 0.29) is 0 Å². The third-order valence-corrected chi connectivity index (χ3v) is 4.39. The number of anilines is 1. The highest BCUT2D eigenvalue weighted by molar-refractivity contribution is 7.11. The van der Waals surface area contributed by atoms with Crippen molar-refractivity contribution in [2.45, 2.75) is 33.2 Å². The van der Waals surface area contributed by atoms with Crippen molar-refractivity contribution in [3.8, 4) is 0 Å². The average molecular weight is 346 g/mol. The fourth-order valence-electron chi connectivity index (χ4n) is 2.21. The molecule has 0 bridgehead atoms. The molecule has 6 heteroatoms. The van der Waals surface area contributed by atoms with Crippen molar-refractivity contribution in [3.63, 3.8) is 0 Å². The third-order valence-electron chi connectivity index (χ3n) is 3.40. The van der Waals surface area contributed by atoms with Crippen LogP contribution in [0.25, 0.3) is 0 Å². The third kappa shape index (κ3) is 7.00. The molecule has 3 N–H and O–H groups in total. The highest BCUT2D eigenvalue weighted by Gasteiger charge is 1.99. The zero-order chi connectivity index (χ0) is 17.0. The van der Waals surface area contributed by atoms with Gasteiger partial charge in [0.25, 0.3) is 0 Å². The molecule has 0 saturated carbocycles. The van der Waals surface area contributed by atoms with Crippen LogP contribution >= 0.6 is 11.3 Å². The first-order valence-electron chi connectivity index (χ1n) is 8.50. The number of nitrogens with one attached hydrogen (secondary N) is 3. The van der Waals surface area contributed by atoms with Gasteiger partial charge < -0.3 is 16.0 Å². The molecule has 0 aliphatic rings. The van der Waals surface area contributed by atoms with Gasteiger partial charge in [-0.2, -0.15) is 0 Å². The first-order chi connectivity index (χ1) is 11.8. The Morgan fingerprint density at radius 2 is 2.00 bits per heavy atom. The van der Waals surface area contributed by atoms with Crippen molar-refractivity contribution in [1.82, 2.24) is 15.6 Å². The van der Waals surface area contributed by atoms with Crippen LogP contribution < -0.4 is 16.0 Å². The van der Waals surface area contributed by atoms with Gasteiger partial charge in [-0.05, 0) is 51.0 Å². The van der Waals surface area contributed by atoms with E-state index in [4.69, 9.17) is 0 Å². The standard InChI is InChI=1S/C18H27N5S/c1-3-19-18(23-14-16-10-9-15(2)24-16)22-13-7-6-12-21-17-8-4-5-11-20-17/h4-5,8-11H,3,6-7,12-14H2,1-2H3,(H,20,21)(H2,19,22,23). The van der Waals surface area contributed by atoms with Crippen LogP contribution in [0.4, 0.5) is 5.82 Å². The molecule has 2 aromatic heterocycles. The Bertz CT molecular complexity index is 609. The van der Waals surface area contributed by atoms with E-state index in [9.17, 15) is 0 Å². The quantitative estimate of drug-likeness (QED) is 0.370. The maximum Gasteiger partial charge on any atom is 0.191 e. The van der Waals surface area contributed by atoms with E-state index < -0.39 is 0 Å². The van der Waals surface area contributed by atoms with Crippen LogP contribution in [0.2, 0.25) is 0 Å². The van der Waals surface area contributed by atoms with Crippen molar-refractivity contribution in [2.75, 3.05) is 25.0 Å². The lowest BCUT2D eigenvalue weighted by Gasteiger charge is -2.11. The molecular formula is C18H27N5S. The van der Waals surface area contributed by atoms with Gasteiger partial charge in [-0.15, -0.1) is 11.3 Å². The minimum Gasteiger partial charge on any atom is -0.370 e. The summed E-state index contributed by atoms with van der Waals surface area (Å²) in [7, 11) is 0. The second kappa shape index (κ2) is 10.6. The van der Waals surface area contributed by atoms with Gasteiger partial charge in [0.2, 0.25) is 0 Å². The van der Waals surface area contributed by atoms with Gasteiger partial charge in [-0.1, -0.05) is 6.07 Å². The fraction of sp³-hybridized carbons (Fsp3) is 0.444. The van der Waals surface area contributed by atoms with Gasteiger partial charge in [0.05, 0.1) is 6.54 Å². The first-order valence-corrected chi connectivity index (χ1v) is 9.32. The van der Waals surface area contributed by atoms with Crippen LogP contribution in [0, 0.1) is 6.92 Å². The van der Waals surface area contributed by atoms with Crippen molar-refractivity contribution in [2.24, 2.45) is 4.99 Å². The highest BCUT2D eigenvalue weighted by Crippen LogP contribution is 2.15. The molecule has 2 heterocycles. The molecule has 0 spiro atoms. The minimum atomic E-state index is 0.731. The molecule has 0 unspecified atom stereocenters. The van der Waals surface area contributed by atoms with Gasteiger partial charge in [0.15, 0.2) is 5.96 Å². The zero-order valence-electron chi connectivity index (χ0n) is 14.5. The molecular weight excluding hydrogens is 318 g/mol. The number of thiophene rings is 1. The van der Waals surface area contributed by atoms with Crippen LogP contribution in [0.5, 0.6) is 0 Å². The van der Waals surface area contributed by atoms with Crippen LogP contribution in [0.15, 0.2) is 41.5 Å². The molecule has 5 nitrogen and oxygen atoms in total. The summed E-state index contributed by atoms with van der Waals surface area (Å²) in [6.45, 7) is 7.66. The number of unbranched alkanes of at least 4 members (excludes halogenated alkanes) is 1. The van der Waals surface area contributed by atoms with Crippen molar-refractivity contribution < 1.29 is 0 Å². The van der Waals surface area contributed by atoms with E-state index in [1.807, 2.05) is 18.2 Å². The smallest absolute Gasteiger partial charge is 0.191 e. The number of aryl methyl sites for hydroxylation is 1. The van der Waals surface area contributed by atoms with Crippen molar-refractivity contribution >= 4 is 23.1 Å². The number of hydrogen-bond acceptors (Lipinski definition) is 4. The summed E-state index contributed by atoms with van der Waals surface area (Å²) in [6.07, 6.45) is 3.98. The zero-order valence-corrected chi connectivity index (χ0v) is 15.3. The Balaban J connectivity index is 1.64. The SMILES string of the molecule is CCNC(=NCc1ccc(C)s1)NCCCCNc1ccccn1. The number of aliphatic imine (C=N–C) groups is 1.